The molecule has 0 saturated heterocycles. The summed E-state index contributed by atoms with van der Waals surface area (Å²) in [5, 5.41) is 13.6. The van der Waals surface area contributed by atoms with Gasteiger partial charge in [0.1, 0.15) is 5.82 Å². The molecule has 6 nitrogen and oxygen atoms in total. The number of aromatic nitrogens is 4. The average Bonchev–Trinajstić information content (AvgIpc) is 2.75. The maximum Gasteiger partial charge on any atom is 0.251 e. The molecule has 0 bridgehead atoms. The van der Waals surface area contributed by atoms with Gasteiger partial charge in [-0.2, -0.15) is 0 Å². The number of nitrogens with one attached hydrogen (secondary N) is 1. The SMILES string of the molecule is Cn1nnnc1CCNC(=O)c1cccc(F)c1. The number of rotatable bonds is 4. The molecule has 1 N–H and O–H groups in total. The highest BCUT2D eigenvalue weighted by Crippen LogP contribution is 2.03. The summed E-state index contributed by atoms with van der Waals surface area (Å²) >= 11 is 0. The zero-order valence-electron chi connectivity index (χ0n) is 9.80. The number of nitrogens with zero attached hydrogens (tertiary/aromatic N) is 4. The molecule has 1 amide bonds. The molecule has 18 heavy (non-hydrogen) atoms. The van der Waals surface area contributed by atoms with Crippen LogP contribution in [0.25, 0.3) is 0 Å². The summed E-state index contributed by atoms with van der Waals surface area (Å²) in [5.74, 6) is -0.0701. The van der Waals surface area contributed by atoms with Gasteiger partial charge in [-0.1, -0.05) is 6.07 Å². The van der Waals surface area contributed by atoms with E-state index >= 15 is 0 Å². The van der Waals surface area contributed by atoms with E-state index in [4.69, 9.17) is 0 Å². The molecular weight excluding hydrogens is 237 g/mol. The summed E-state index contributed by atoms with van der Waals surface area (Å²) in [5.41, 5.74) is 0.297. The largest absolute Gasteiger partial charge is 0.352 e. The van der Waals surface area contributed by atoms with Crippen LogP contribution < -0.4 is 5.32 Å². The summed E-state index contributed by atoms with van der Waals surface area (Å²) in [6.45, 7) is 0.392. The molecule has 2 aromatic rings. The van der Waals surface area contributed by atoms with E-state index in [9.17, 15) is 9.18 Å². The number of tetrazole rings is 1. The normalized spacial score (nSPS) is 10.3. The number of carbonyl (C=O) groups is 1. The van der Waals surface area contributed by atoms with Crippen LogP contribution in [0, 0.1) is 5.82 Å². The Morgan fingerprint density at radius 2 is 2.33 bits per heavy atom. The van der Waals surface area contributed by atoms with Crippen molar-refractivity contribution in [1.29, 1.82) is 0 Å². The van der Waals surface area contributed by atoms with Crippen LogP contribution >= 0.6 is 0 Å². The van der Waals surface area contributed by atoms with Gasteiger partial charge in [0.25, 0.3) is 5.91 Å². The van der Waals surface area contributed by atoms with Crippen molar-refractivity contribution in [2.24, 2.45) is 7.05 Å². The monoisotopic (exact) mass is 249 g/mol. The second-order valence-electron chi connectivity index (χ2n) is 3.73. The molecular formula is C11H12FN5O. The first-order valence-electron chi connectivity index (χ1n) is 5.42. The topological polar surface area (TPSA) is 72.7 Å². The Morgan fingerprint density at radius 3 is 3.00 bits per heavy atom. The Morgan fingerprint density at radius 1 is 1.50 bits per heavy atom. The van der Waals surface area contributed by atoms with E-state index in [0.29, 0.717) is 24.4 Å². The highest BCUT2D eigenvalue weighted by Gasteiger charge is 2.07. The van der Waals surface area contributed by atoms with Crippen LogP contribution in [0.15, 0.2) is 24.3 Å². The highest BCUT2D eigenvalue weighted by molar-refractivity contribution is 5.94. The van der Waals surface area contributed by atoms with Gasteiger partial charge in [-0.05, 0) is 28.6 Å². The van der Waals surface area contributed by atoms with Crippen molar-refractivity contribution in [2.45, 2.75) is 6.42 Å². The molecule has 0 aliphatic heterocycles. The Labute approximate surface area is 103 Å². The van der Waals surface area contributed by atoms with E-state index in [-0.39, 0.29) is 5.91 Å². The standard InChI is InChI=1S/C11H12FN5O/c1-17-10(14-15-16-17)5-6-13-11(18)8-3-2-4-9(12)7-8/h2-4,7H,5-6H2,1H3,(H,13,18). The summed E-state index contributed by atoms with van der Waals surface area (Å²) in [7, 11) is 1.73. The lowest BCUT2D eigenvalue weighted by molar-refractivity contribution is 0.0953. The maximum absolute atomic E-state index is 12.9. The lowest BCUT2D eigenvalue weighted by Crippen LogP contribution is -2.26. The van der Waals surface area contributed by atoms with Crippen LogP contribution in [-0.2, 0) is 13.5 Å². The first kappa shape index (κ1) is 12.2. The smallest absolute Gasteiger partial charge is 0.251 e. The minimum absolute atomic E-state index is 0.297. The van der Waals surface area contributed by atoms with Crippen LogP contribution in [-0.4, -0.2) is 32.7 Å². The van der Waals surface area contributed by atoms with Gasteiger partial charge in [-0.15, -0.1) is 5.10 Å². The van der Waals surface area contributed by atoms with Gasteiger partial charge in [0.2, 0.25) is 0 Å². The van der Waals surface area contributed by atoms with Crippen molar-refractivity contribution in [3.05, 3.63) is 41.5 Å². The first-order chi connectivity index (χ1) is 8.66. The van der Waals surface area contributed by atoms with E-state index in [2.05, 4.69) is 20.8 Å². The predicted molar refractivity (Wildman–Crippen MR) is 61.2 cm³/mol. The second-order valence-corrected chi connectivity index (χ2v) is 3.73. The molecule has 0 radical (unpaired) electrons. The Kier molecular flexibility index (Phi) is 3.61. The third-order valence-corrected chi connectivity index (χ3v) is 2.43. The molecule has 0 unspecified atom stereocenters. The van der Waals surface area contributed by atoms with Crippen molar-refractivity contribution >= 4 is 5.91 Å². The number of benzene rings is 1. The van der Waals surface area contributed by atoms with Crippen LogP contribution in [0.3, 0.4) is 0 Å². The van der Waals surface area contributed by atoms with Crippen molar-refractivity contribution in [3.8, 4) is 0 Å². The van der Waals surface area contributed by atoms with E-state index in [0.717, 1.165) is 0 Å². The quantitative estimate of drug-likeness (QED) is 0.847. The zero-order chi connectivity index (χ0) is 13.0. The van der Waals surface area contributed by atoms with Gasteiger partial charge in [0, 0.05) is 25.6 Å². The van der Waals surface area contributed by atoms with Gasteiger partial charge < -0.3 is 5.32 Å². The highest BCUT2D eigenvalue weighted by atomic mass is 19.1. The molecule has 0 aliphatic carbocycles. The zero-order valence-corrected chi connectivity index (χ0v) is 9.80. The molecule has 7 heteroatoms. The number of amides is 1. The van der Waals surface area contributed by atoms with Gasteiger partial charge in [0.05, 0.1) is 0 Å². The fourth-order valence-corrected chi connectivity index (χ4v) is 1.48. The Hall–Kier alpha value is -2.31. The van der Waals surface area contributed by atoms with E-state index in [1.54, 1.807) is 13.1 Å². The van der Waals surface area contributed by atoms with E-state index in [1.165, 1.54) is 22.9 Å². The third-order valence-electron chi connectivity index (χ3n) is 2.43. The van der Waals surface area contributed by atoms with Crippen molar-refractivity contribution < 1.29 is 9.18 Å². The lowest BCUT2D eigenvalue weighted by atomic mass is 10.2. The second kappa shape index (κ2) is 5.35. The van der Waals surface area contributed by atoms with Crippen LogP contribution in [0.5, 0.6) is 0 Å². The Balaban J connectivity index is 1.87. The number of hydrogen-bond donors (Lipinski definition) is 1. The summed E-state index contributed by atoms with van der Waals surface area (Å²) in [4.78, 5) is 11.7. The van der Waals surface area contributed by atoms with Crippen LogP contribution in [0.4, 0.5) is 4.39 Å². The minimum Gasteiger partial charge on any atom is -0.352 e. The molecule has 0 atom stereocenters. The molecule has 2 rings (SSSR count). The minimum atomic E-state index is -0.430. The fraction of sp³-hybridized carbons (Fsp3) is 0.273. The van der Waals surface area contributed by atoms with Crippen LogP contribution in [0.1, 0.15) is 16.2 Å². The molecule has 0 spiro atoms. The maximum atomic E-state index is 12.9. The van der Waals surface area contributed by atoms with Crippen LogP contribution in [0.2, 0.25) is 0 Å². The summed E-state index contributed by atoms with van der Waals surface area (Å²) < 4.78 is 14.5. The van der Waals surface area contributed by atoms with Crippen molar-refractivity contribution in [2.75, 3.05) is 6.54 Å². The van der Waals surface area contributed by atoms with E-state index < -0.39 is 5.82 Å². The molecule has 1 aromatic carbocycles. The average molecular weight is 249 g/mol. The molecule has 94 valence electrons. The predicted octanol–water partition coefficient (Wildman–Crippen LogP) is 0.322. The first-order valence-corrected chi connectivity index (χ1v) is 5.42. The molecule has 0 saturated carbocycles. The number of aryl methyl sites for hydroxylation is 1. The molecule has 1 aromatic heterocycles. The molecule has 0 fully saturated rings. The van der Waals surface area contributed by atoms with Crippen molar-refractivity contribution in [1.82, 2.24) is 25.5 Å². The fourth-order valence-electron chi connectivity index (χ4n) is 1.48. The van der Waals surface area contributed by atoms with Crippen molar-refractivity contribution in [3.63, 3.8) is 0 Å². The summed E-state index contributed by atoms with van der Waals surface area (Å²) in [6, 6.07) is 5.54. The molecule has 1 heterocycles. The number of halogens is 1. The van der Waals surface area contributed by atoms with Gasteiger partial charge in [-0.3, -0.25) is 4.79 Å². The van der Waals surface area contributed by atoms with Gasteiger partial charge in [-0.25, -0.2) is 9.07 Å². The lowest BCUT2D eigenvalue weighted by Gasteiger charge is -2.04. The third kappa shape index (κ3) is 2.88. The van der Waals surface area contributed by atoms with E-state index in [1.807, 2.05) is 0 Å². The molecule has 0 aliphatic rings. The number of carbonyl (C=O) groups excluding carboxylic acids is 1. The Bertz CT molecular complexity index is 554. The van der Waals surface area contributed by atoms with Gasteiger partial charge in [0.15, 0.2) is 5.82 Å². The van der Waals surface area contributed by atoms with Gasteiger partial charge >= 0.3 is 0 Å². The number of hydrogen-bond acceptors (Lipinski definition) is 4. The summed E-state index contributed by atoms with van der Waals surface area (Å²) in [6.07, 6.45) is 0.518.